The third-order valence-electron chi connectivity index (χ3n) is 6.06. The van der Waals surface area contributed by atoms with Gasteiger partial charge >= 0.3 is 5.97 Å². The molecule has 7 heteroatoms. The first-order chi connectivity index (χ1) is 18.0. The minimum Gasteiger partial charge on any atom is -0.462 e. The highest BCUT2D eigenvalue weighted by molar-refractivity contribution is 8.18. The quantitative estimate of drug-likeness (QED) is 0.215. The molecular weight excluding hydrogens is 484 g/mol. The molecule has 0 saturated carbocycles. The zero-order valence-electron chi connectivity index (χ0n) is 20.4. The molecule has 184 valence electrons. The summed E-state index contributed by atoms with van der Waals surface area (Å²) in [6.07, 6.45) is 1.78. The van der Waals surface area contributed by atoms with E-state index in [4.69, 9.17) is 4.74 Å². The Morgan fingerprint density at radius 3 is 2.08 bits per heavy atom. The first-order valence-corrected chi connectivity index (χ1v) is 12.6. The fourth-order valence-electron chi connectivity index (χ4n) is 4.27. The predicted molar refractivity (Wildman–Crippen MR) is 146 cm³/mol. The third-order valence-corrected chi connectivity index (χ3v) is 7.02. The van der Waals surface area contributed by atoms with Gasteiger partial charge in [0.05, 0.1) is 28.5 Å². The van der Waals surface area contributed by atoms with E-state index in [0.29, 0.717) is 17.1 Å². The van der Waals surface area contributed by atoms with Crippen LogP contribution in [0, 0.1) is 0 Å². The number of esters is 1. The van der Waals surface area contributed by atoms with Crippen molar-refractivity contribution < 1.29 is 19.1 Å². The van der Waals surface area contributed by atoms with Gasteiger partial charge in [-0.2, -0.15) is 0 Å². The fourth-order valence-corrected chi connectivity index (χ4v) is 5.09. The van der Waals surface area contributed by atoms with E-state index in [-0.39, 0.29) is 17.1 Å². The molecule has 6 nitrogen and oxygen atoms in total. The number of carbonyl (C=O) groups excluding carboxylic acids is 3. The molecule has 0 atom stereocenters. The summed E-state index contributed by atoms with van der Waals surface area (Å²) in [4.78, 5) is 38.6. The van der Waals surface area contributed by atoms with Crippen LogP contribution in [-0.4, -0.2) is 40.2 Å². The second-order valence-electron chi connectivity index (χ2n) is 8.41. The van der Waals surface area contributed by atoms with Crippen molar-refractivity contribution >= 4 is 35.0 Å². The molecule has 0 spiro atoms. The third kappa shape index (κ3) is 4.73. The largest absolute Gasteiger partial charge is 0.462 e. The topological polar surface area (TPSA) is 68.6 Å². The van der Waals surface area contributed by atoms with Crippen LogP contribution in [0.2, 0.25) is 0 Å². The van der Waals surface area contributed by atoms with Crippen molar-refractivity contribution in [3.63, 3.8) is 0 Å². The van der Waals surface area contributed by atoms with Gasteiger partial charge in [0, 0.05) is 18.3 Å². The maximum absolute atomic E-state index is 12.7. The molecule has 4 aromatic rings. The average Bonchev–Trinajstić information content (AvgIpc) is 3.42. The average molecular weight is 509 g/mol. The van der Waals surface area contributed by atoms with Gasteiger partial charge in [-0.3, -0.25) is 14.5 Å². The van der Waals surface area contributed by atoms with E-state index < -0.39 is 0 Å². The molecule has 2 heterocycles. The van der Waals surface area contributed by atoms with Gasteiger partial charge in [-0.25, -0.2) is 4.79 Å². The first-order valence-electron chi connectivity index (χ1n) is 11.8. The van der Waals surface area contributed by atoms with E-state index >= 15 is 0 Å². The highest BCUT2D eigenvalue weighted by atomic mass is 32.2. The zero-order chi connectivity index (χ0) is 25.9. The highest BCUT2D eigenvalue weighted by Gasteiger charge is 2.32. The number of carbonyl (C=O) groups is 3. The Balaban J connectivity index is 1.76. The lowest BCUT2D eigenvalue weighted by Gasteiger charge is -2.15. The van der Waals surface area contributed by atoms with Crippen LogP contribution in [0.5, 0.6) is 0 Å². The molecule has 0 unspecified atom stereocenters. The molecule has 0 bridgehead atoms. The van der Waals surface area contributed by atoms with E-state index in [1.165, 1.54) is 7.05 Å². The van der Waals surface area contributed by atoms with Crippen LogP contribution in [0.15, 0.2) is 95.9 Å². The number of ether oxygens (including phenoxy) is 1. The number of rotatable bonds is 6. The van der Waals surface area contributed by atoms with Gasteiger partial charge in [-0.15, -0.1) is 0 Å². The number of imide groups is 1. The van der Waals surface area contributed by atoms with Crippen molar-refractivity contribution in [1.82, 2.24) is 9.47 Å². The van der Waals surface area contributed by atoms with Gasteiger partial charge in [0.1, 0.15) is 0 Å². The number of hydrogen-bond acceptors (Lipinski definition) is 5. The van der Waals surface area contributed by atoms with Crippen LogP contribution in [0.3, 0.4) is 0 Å². The molecule has 0 N–H and O–H groups in total. The van der Waals surface area contributed by atoms with E-state index in [1.807, 2.05) is 78.9 Å². The number of thioether (sulfide) groups is 1. The second kappa shape index (κ2) is 10.3. The minimum atomic E-state index is -0.371. The Bertz CT molecular complexity index is 1510. The molecule has 0 radical (unpaired) electrons. The molecule has 1 saturated heterocycles. The minimum absolute atomic E-state index is 0.296. The molecule has 1 aliphatic rings. The van der Waals surface area contributed by atoms with Crippen LogP contribution in [0.4, 0.5) is 4.79 Å². The summed E-state index contributed by atoms with van der Waals surface area (Å²) in [5.41, 5.74) is 5.82. The van der Waals surface area contributed by atoms with Gasteiger partial charge in [-0.1, -0.05) is 60.7 Å². The van der Waals surface area contributed by atoms with Gasteiger partial charge in [-0.05, 0) is 66.2 Å². The van der Waals surface area contributed by atoms with E-state index in [1.54, 1.807) is 25.1 Å². The molecule has 1 aliphatic heterocycles. The second-order valence-corrected chi connectivity index (χ2v) is 9.40. The van der Waals surface area contributed by atoms with Crippen LogP contribution < -0.4 is 0 Å². The fraction of sp³-hybridized carbons (Fsp3) is 0.100. The summed E-state index contributed by atoms with van der Waals surface area (Å²) >= 11 is 0.935. The Morgan fingerprint density at radius 2 is 1.51 bits per heavy atom. The Morgan fingerprint density at radius 1 is 0.892 bits per heavy atom. The van der Waals surface area contributed by atoms with Crippen LogP contribution in [0.25, 0.3) is 34.3 Å². The predicted octanol–water partition coefficient (Wildman–Crippen LogP) is 6.65. The Kier molecular flexibility index (Phi) is 6.79. The van der Waals surface area contributed by atoms with Crippen molar-refractivity contribution in [2.24, 2.45) is 0 Å². The van der Waals surface area contributed by atoms with Crippen LogP contribution in [-0.2, 0) is 9.53 Å². The summed E-state index contributed by atoms with van der Waals surface area (Å²) in [6, 6.07) is 29.1. The molecule has 37 heavy (non-hydrogen) atoms. The molecule has 3 aromatic carbocycles. The summed E-state index contributed by atoms with van der Waals surface area (Å²) in [5, 5.41) is -0.296. The van der Waals surface area contributed by atoms with Crippen molar-refractivity contribution in [2.45, 2.75) is 6.92 Å². The Labute approximate surface area is 219 Å². The molecule has 1 fully saturated rings. The number of benzene rings is 3. The molecule has 1 aromatic heterocycles. The summed E-state index contributed by atoms with van der Waals surface area (Å²) in [5.74, 6) is -0.689. The van der Waals surface area contributed by atoms with E-state index in [9.17, 15) is 14.4 Å². The number of hydrogen-bond donors (Lipinski definition) is 0. The Hall–Kier alpha value is -4.36. The maximum atomic E-state index is 12.7. The maximum Gasteiger partial charge on any atom is 0.338 e. The first kappa shape index (κ1) is 24.3. The van der Waals surface area contributed by atoms with Crippen molar-refractivity contribution in [3.05, 3.63) is 107 Å². The smallest absolute Gasteiger partial charge is 0.338 e. The van der Waals surface area contributed by atoms with Crippen molar-refractivity contribution in [2.75, 3.05) is 13.7 Å². The van der Waals surface area contributed by atoms with Gasteiger partial charge in [0.2, 0.25) is 0 Å². The van der Waals surface area contributed by atoms with Crippen LogP contribution >= 0.6 is 11.8 Å². The summed E-state index contributed by atoms with van der Waals surface area (Å²) < 4.78 is 7.26. The lowest BCUT2D eigenvalue weighted by atomic mass is 10.1. The molecule has 5 rings (SSSR count). The van der Waals surface area contributed by atoms with Gasteiger partial charge < -0.3 is 9.30 Å². The van der Waals surface area contributed by atoms with Crippen LogP contribution in [0.1, 0.15) is 22.8 Å². The molecule has 0 aliphatic carbocycles. The molecular formula is C30H24N2O4S. The van der Waals surface area contributed by atoms with Crippen molar-refractivity contribution in [3.8, 4) is 28.2 Å². The lowest BCUT2D eigenvalue weighted by molar-refractivity contribution is -0.121. The number of aromatic nitrogens is 1. The summed E-state index contributed by atoms with van der Waals surface area (Å²) in [6.45, 7) is 2.08. The highest BCUT2D eigenvalue weighted by Crippen LogP contribution is 2.39. The van der Waals surface area contributed by atoms with Gasteiger partial charge in [0.25, 0.3) is 11.1 Å². The number of nitrogens with zero attached hydrogens (tertiary/aromatic N) is 2. The van der Waals surface area contributed by atoms with E-state index in [0.717, 1.165) is 50.4 Å². The summed E-state index contributed by atoms with van der Waals surface area (Å²) in [7, 11) is 1.49. The SMILES string of the molecule is CCOC(=O)c1ccc(-n2c(-c3ccccc3)cc(/C=C3/SC(=O)N(C)C3=O)c2-c2ccccc2)cc1. The van der Waals surface area contributed by atoms with E-state index in [2.05, 4.69) is 4.57 Å². The molecule has 2 amide bonds. The standard InChI is InChI=1S/C30H24N2O4S/c1-3-36-29(34)22-14-16-24(17-15-22)32-25(20-10-6-4-7-11-20)18-23(27(32)21-12-8-5-9-13-21)19-26-28(33)31(2)30(35)37-26/h4-19H,3H2,1-2H3/b26-19+. The lowest BCUT2D eigenvalue weighted by Crippen LogP contribution is -2.22. The zero-order valence-corrected chi connectivity index (χ0v) is 21.2. The normalized spacial score (nSPS) is 14.4. The van der Waals surface area contributed by atoms with Gasteiger partial charge in [0.15, 0.2) is 0 Å². The number of amides is 2. The monoisotopic (exact) mass is 508 g/mol. The van der Waals surface area contributed by atoms with Crippen molar-refractivity contribution in [1.29, 1.82) is 0 Å². The number of likely N-dealkylation sites (N-methyl/N-ethyl adjacent to an activating group) is 1.